The van der Waals surface area contributed by atoms with E-state index in [0.29, 0.717) is 0 Å². The van der Waals surface area contributed by atoms with Crippen molar-refractivity contribution in [1.29, 1.82) is 0 Å². The third-order valence-electron chi connectivity index (χ3n) is 3.01. The second-order valence-electron chi connectivity index (χ2n) is 4.13. The van der Waals surface area contributed by atoms with Gasteiger partial charge in [0.05, 0.1) is 6.61 Å². The average molecular weight is 258 g/mol. The van der Waals surface area contributed by atoms with E-state index in [0.717, 1.165) is 15.2 Å². The molecule has 2 rings (SSSR count). The minimum absolute atomic E-state index is 0.477. The zero-order valence-corrected chi connectivity index (χ0v) is 9.63. The minimum atomic E-state index is -1.35. The Morgan fingerprint density at radius 1 is 1.33 bits per heavy atom. The predicted octanol–water partition coefficient (Wildman–Crippen LogP) is -2.84. The number of rotatable bonds is 2. The molecule has 0 radical (unpaired) electrons. The monoisotopic (exact) mass is 258 g/mol. The van der Waals surface area contributed by atoms with E-state index in [1.807, 2.05) is 0 Å². The van der Waals surface area contributed by atoms with Crippen molar-refractivity contribution < 1.29 is 20.1 Å². The molecule has 0 aliphatic carbocycles. The Labute approximate surface area is 101 Å². The van der Waals surface area contributed by atoms with Gasteiger partial charge in [-0.05, 0) is 0 Å². The van der Waals surface area contributed by atoms with Crippen LogP contribution in [0.1, 0.15) is 6.23 Å². The Bertz CT molecular complexity index is 550. The standard InChI is InChI=1S/C10H14N2O6/c1-11-6(14)2-3-12(10(11)17)9-8(16)7(15)5(4-13)18-9/h2-3,5,7-9,13,15-16H,4H2,1H3/t5-,7+,8-,9-/m0/s1. The fraction of sp³-hybridized carbons (Fsp3) is 0.600. The fourth-order valence-corrected chi connectivity index (χ4v) is 1.89. The molecule has 0 unspecified atom stereocenters. The van der Waals surface area contributed by atoms with Gasteiger partial charge in [-0.3, -0.25) is 13.9 Å². The topological polar surface area (TPSA) is 114 Å². The van der Waals surface area contributed by atoms with E-state index in [4.69, 9.17) is 9.84 Å². The molecule has 1 fully saturated rings. The molecule has 0 aromatic carbocycles. The molecule has 0 amide bonds. The number of hydrogen-bond acceptors (Lipinski definition) is 6. The number of aliphatic hydroxyl groups is 3. The van der Waals surface area contributed by atoms with Gasteiger partial charge in [0.25, 0.3) is 5.56 Å². The molecule has 8 nitrogen and oxygen atoms in total. The Morgan fingerprint density at radius 2 is 2.00 bits per heavy atom. The molecule has 0 bridgehead atoms. The van der Waals surface area contributed by atoms with Crippen LogP contribution in [-0.2, 0) is 11.8 Å². The maximum atomic E-state index is 11.8. The van der Waals surface area contributed by atoms with Gasteiger partial charge in [-0.2, -0.15) is 0 Å². The maximum absolute atomic E-state index is 11.8. The Kier molecular flexibility index (Phi) is 3.35. The molecule has 1 aliphatic heterocycles. The fourth-order valence-electron chi connectivity index (χ4n) is 1.89. The van der Waals surface area contributed by atoms with E-state index < -0.39 is 42.4 Å². The van der Waals surface area contributed by atoms with Crippen LogP contribution in [0.25, 0.3) is 0 Å². The summed E-state index contributed by atoms with van der Waals surface area (Å²) in [6, 6.07) is 1.15. The lowest BCUT2D eigenvalue weighted by Crippen LogP contribution is -2.41. The van der Waals surface area contributed by atoms with Crippen LogP contribution in [-0.4, -0.2) is 49.4 Å². The summed E-state index contributed by atoms with van der Waals surface area (Å²) in [6.07, 6.45) is -3.54. The zero-order valence-electron chi connectivity index (χ0n) is 9.63. The van der Waals surface area contributed by atoms with E-state index in [1.165, 1.54) is 13.2 Å². The Balaban J connectivity index is 2.42. The quantitative estimate of drug-likeness (QED) is 0.526. The van der Waals surface area contributed by atoms with Crippen LogP contribution in [0.5, 0.6) is 0 Å². The first kappa shape index (κ1) is 13.0. The second kappa shape index (κ2) is 4.65. The summed E-state index contributed by atoms with van der Waals surface area (Å²) in [5.74, 6) is 0. The summed E-state index contributed by atoms with van der Waals surface area (Å²) in [5.41, 5.74) is -1.15. The van der Waals surface area contributed by atoms with Crippen molar-refractivity contribution in [3.05, 3.63) is 33.1 Å². The highest BCUT2D eigenvalue weighted by molar-refractivity contribution is 4.93. The molecule has 100 valence electrons. The van der Waals surface area contributed by atoms with Crippen LogP contribution >= 0.6 is 0 Å². The van der Waals surface area contributed by atoms with Crippen molar-refractivity contribution in [3.63, 3.8) is 0 Å². The van der Waals surface area contributed by atoms with Gasteiger partial charge in [0.15, 0.2) is 6.23 Å². The van der Waals surface area contributed by atoms with Crippen molar-refractivity contribution in [3.8, 4) is 0 Å². The lowest BCUT2D eigenvalue weighted by Gasteiger charge is -2.17. The van der Waals surface area contributed by atoms with Crippen LogP contribution < -0.4 is 11.2 Å². The minimum Gasteiger partial charge on any atom is -0.394 e. The van der Waals surface area contributed by atoms with Crippen LogP contribution in [0.3, 0.4) is 0 Å². The van der Waals surface area contributed by atoms with Gasteiger partial charge >= 0.3 is 5.69 Å². The molecule has 1 aromatic heterocycles. The maximum Gasteiger partial charge on any atom is 0.332 e. The molecule has 3 N–H and O–H groups in total. The zero-order chi connectivity index (χ0) is 13.4. The van der Waals surface area contributed by atoms with E-state index in [1.54, 1.807) is 0 Å². The van der Waals surface area contributed by atoms with Crippen molar-refractivity contribution in [2.75, 3.05) is 6.61 Å². The normalized spacial score (nSPS) is 31.8. The summed E-state index contributed by atoms with van der Waals surface area (Å²) in [6.45, 7) is -0.477. The Hall–Kier alpha value is -1.48. The van der Waals surface area contributed by atoms with Crippen molar-refractivity contribution in [1.82, 2.24) is 9.13 Å². The number of nitrogens with zero attached hydrogens (tertiary/aromatic N) is 2. The number of ether oxygens (including phenoxy) is 1. The van der Waals surface area contributed by atoms with Crippen molar-refractivity contribution >= 4 is 0 Å². The molecular formula is C10H14N2O6. The average Bonchev–Trinajstić information content (AvgIpc) is 2.64. The summed E-state index contributed by atoms with van der Waals surface area (Å²) in [5, 5.41) is 28.3. The summed E-state index contributed by atoms with van der Waals surface area (Å²) in [7, 11) is 1.29. The molecule has 0 spiro atoms. The molecule has 0 saturated carbocycles. The molecule has 2 heterocycles. The van der Waals surface area contributed by atoms with Crippen LogP contribution in [0, 0.1) is 0 Å². The largest absolute Gasteiger partial charge is 0.394 e. The molecule has 4 atom stereocenters. The van der Waals surface area contributed by atoms with Gasteiger partial charge in [0.2, 0.25) is 0 Å². The highest BCUT2D eigenvalue weighted by Crippen LogP contribution is 2.27. The molecule has 1 aliphatic rings. The van der Waals surface area contributed by atoms with Gasteiger partial charge in [0, 0.05) is 19.3 Å². The molecule has 1 saturated heterocycles. The first-order valence-corrected chi connectivity index (χ1v) is 5.38. The van der Waals surface area contributed by atoms with Gasteiger partial charge in [-0.1, -0.05) is 0 Å². The number of aliphatic hydroxyl groups excluding tert-OH is 3. The highest BCUT2D eigenvalue weighted by Gasteiger charge is 2.43. The van der Waals surface area contributed by atoms with Crippen LogP contribution in [0.4, 0.5) is 0 Å². The van der Waals surface area contributed by atoms with Crippen molar-refractivity contribution in [2.45, 2.75) is 24.5 Å². The van der Waals surface area contributed by atoms with Gasteiger partial charge in [-0.15, -0.1) is 0 Å². The van der Waals surface area contributed by atoms with Gasteiger partial charge in [-0.25, -0.2) is 4.79 Å². The van der Waals surface area contributed by atoms with Crippen LogP contribution in [0.2, 0.25) is 0 Å². The van der Waals surface area contributed by atoms with Crippen LogP contribution in [0.15, 0.2) is 21.9 Å². The second-order valence-corrected chi connectivity index (χ2v) is 4.13. The van der Waals surface area contributed by atoms with E-state index in [2.05, 4.69) is 0 Å². The molecule has 1 aromatic rings. The molecular weight excluding hydrogens is 244 g/mol. The van der Waals surface area contributed by atoms with Gasteiger partial charge < -0.3 is 20.1 Å². The third kappa shape index (κ3) is 1.89. The lowest BCUT2D eigenvalue weighted by molar-refractivity contribution is -0.0555. The summed E-state index contributed by atoms with van der Waals surface area (Å²) >= 11 is 0. The molecule has 18 heavy (non-hydrogen) atoms. The van der Waals surface area contributed by atoms with E-state index in [-0.39, 0.29) is 0 Å². The smallest absolute Gasteiger partial charge is 0.332 e. The Morgan fingerprint density at radius 3 is 2.56 bits per heavy atom. The number of hydrogen-bond donors (Lipinski definition) is 3. The van der Waals surface area contributed by atoms with E-state index in [9.17, 15) is 19.8 Å². The molecule has 8 heteroatoms. The summed E-state index contributed by atoms with van der Waals surface area (Å²) in [4.78, 5) is 23.0. The number of aromatic nitrogens is 2. The SMILES string of the molecule is Cn1c(=O)ccn([C@H]2O[C@@H](CO)[C@@H](O)[C@@H]2O)c1=O. The highest BCUT2D eigenvalue weighted by atomic mass is 16.6. The van der Waals surface area contributed by atoms with Gasteiger partial charge in [0.1, 0.15) is 18.3 Å². The first-order chi connectivity index (χ1) is 8.47. The van der Waals surface area contributed by atoms with Crippen molar-refractivity contribution in [2.24, 2.45) is 7.05 Å². The first-order valence-electron chi connectivity index (χ1n) is 5.38. The lowest BCUT2D eigenvalue weighted by atomic mass is 10.1. The van der Waals surface area contributed by atoms with E-state index >= 15 is 0 Å². The third-order valence-corrected chi connectivity index (χ3v) is 3.01. The summed E-state index contributed by atoms with van der Waals surface area (Å²) < 4.78 is 7.06. The predicted molar refractivity (Wildman–Crippen MR) is 59.0 cm³/mol.